The van der Waals surface area contributed by atoms with Crippen molar-refractivity contribution in [3.63, 3.8) is 0 Å². The fourth-order valence-electron chi connectivity index (χ4n) is 3.37. The summed E-state index contributed by atoms with van der Waals surface area (Å²) in [5, 5.41) is 4.84. The van der Waals surface area contributed by atoms with Crippen LogP contribution in [0.15, 0.2) is 53.1 Å². The molecule has 0 aliphatic carbocycles. The lowest BCUT2D eigenvalue weighted by Crippen LogP contribution is -2.27. The van der Waals surface area contributed by atoms with Crippen LogP contribution in [0.3, 0.4) is 0 Å². The SMILES string of the molecule is Cc1cccc(-c2nc(C3CC(=O)N(CCc4ccc(Cl)cc4)C3)no2)c1. The van der Waals surface area contributed by atoms with Gasteiger partial charge in [-0.3, -0.25) is 4.79 Å². The number of aromatic nitrogens is 2. The Morgan fingerprint density at radius 3 is 2.81 bits per heavy atom. The van der Waals surface area contributed by atoms with E-state index >= 15 is 0 Å². The molecular weight excluding hydrogens is 362 g/mol. The number of aryl methyl sites for hydroxylation is 1. The van der Waals surface area contributed by atoms with Crippen molar-refractivity contribution in [3.8, 4) is 11.5 Å². The van der Waals surface area contributed by atoms with Crippen LogP contribution in [-0.2, 0) is 11.2 Å². The Kier molecular flexibility index (Phi) is 4.94. The van der Waals surface area contributed by atoms with E-state index in [4.69, 9.17) is 16.1 Å². The second-order valence-electron chi connectivity index (χ2n) is 6.94. The molecule has 27 heavy (non-hydrogen) atoms. The standard InChI is InChI=1S/C21H20ClN3O2/c1-14-3-2-4-16(11-14)21-23-20(24-27-21)17-12-19(26)25(13-17)10-9-15-5-7-18(22)8-6-15/h2-8,11,17H,9-10,12-13H2,1H3. The van der Waals surface area contributed by atoms with E-state index in [2.05, 4.69) is 10.1 Å². The number of rotatable bonds is 5. The molecule has 5 nitrogen and oxygen atoms in total. The molecule has 4 rings (SSSR count). The molecule has 2 aromatic carbocycles. The van der Waals surface area contributed by atoms with Gasteiger partial charge in [0.05, 0.1) is 0 Å². The van der Waals surface area contributed by atoms with E-state index in [1.54, 1.807) is 0 Å². The minimum atomic E-state index is -0.0231. The smallest absolute Gasteiger partial charge is 0.257 e. The number of amides is 1. The molecule has 6 heteroatoms. The minimum absolute atomic E-state index is 0.0231. The van der Waals surface area contributed by atoms with Gasteiger partial charge in [0.15, 0.2) is 5.82 Å². The van der Waals surface area contributed by atoms with Gasteiger partial charge in [-0.2, -0.15) is 4.98 Å². The zero-order valence-electron chi connectivity index (χ0n) is 15.1. The summed E-state index contributed by atoms with van der Waals surface area (Å²) in [5.74, 6) is 1.22. The third kappa shape index (κ3) is 4.03. The van der Waals surface area contributed by atoms with Crippen LogP contribution in [0, 0.1) is 6.92 Å². The maximum Gasteiger partial charge on any atom is 0.257 e. The molecular formula is C21H20ClN3O2. The molecule has 1 atom stereocenters. The average Bonchev–Trinajstić information content (AvgIpc) is 3.28. The van der Waals surface area contributed by atoms with Gasteiger partial charge in [-0.1, -0.05) is 46.6 Å². The highest BCUT2D eigenvalue weighted by atomic mass is 35.5. The molecule has 1 amide bonds. The van der Waals surface area contributed by atoms with Crippen LogP contribution in [0.1, 0.15) is 29.3 Å². The molecule has 3 aromatic rings. The zero-order valence-corrected chi connectivity index (χ0v) is 15.8. The lowest BCUT2D eigenvalue weighted by Gasteiger charge is -2.15. The highest BCUT2D eigenvalue weighted by molar-refractivity contribution is 6.30. The fraction of sp³-hybridized carbons (Fsp3) is 0.286. The van der Waals surface area contributed by atoms with Crippen molar-refractivity contribution < 1.29 is 9.32 Å². The van der Waals surface area contributed by atoms with Crippen molar-refractivity contribution in [3.05, 3.63) is 70.5 Å². The Balaban J connectivity index is 1.41. The van der Waals surface area contributed by atoms with Gasteiger partial charge in [0.2, 0.25) is 5.91 Å². The van der Waals surface area contributed by atoms with Gasteiger partial charge in [0, 0.05) is 36.0 Å². The Bertz CT molecular complexity index is 952. The van der Waals surface area contributed by atoms with E-state index in [1.807, 2.05) is 60.4 Å². The van der Waals surface area contributed by atoms with Gasteiger partial charge >= 0.3 is 0 Å². The number of halogens is 1. The Labute approximate surface area is 163 Å². The number of nitrogens with zero attached hydrogens (tertiary/aromatic N) is 3. The molecule has 0 N–H and O–H groups in total. The summed E-state index contributed by atoms with van der Waals surface area (Å²) >= 11 is 5.92. The number of likely N-dealkylation sites (tertiary alicyclic amines) is 1. The molecule has 138 valence electrons. The second kappa shape index (κ2) is 7.53. The molecule has 1 saturated heterocycles. The largest absolute Gasteiger partial charge is 0.342 e. The molecule has 1 aromatic heterocycles. The molecule has 1 unspecified atom stereocenters. The number of benzene rings is 2. The summed E-state index contributed by atoms with van der Waals surface area (Å²) in [6, 6.07) is 15.7. The van der Waals surface area contributed by atoms with Gasteiger partial charge < -0.3 is 9.42 Å². The van der Waals surface area contributed by atoms with E-state index in [0.29, 0.717) is 31.2 Å². The Hall–Kier alpha value is -2.66. The summed E-state index contributed by atoms with van der Waals surface area (Å²) in [7, 11) is 0. The molecule has 0 spiro atoms. The molecule has 2 heterocycles. The summed E-state index contributed by atoms with van der Waals surface area (Å²) < 4.78 is 5.43. The zero-order chi connectivity index (χ0) is 18.8. The predicted molar refractivity (Wildman–Crippen MR) is 104 cm³/mol. The summed E-state index contributed by atoms with van der Waals surface area (Å²) in [6.45, 7) is 3.33. The maximum absolute atomic E-state index is 12.4. The van der Waals surface area contributed by atoms with Crippen molar-refractivity contribution in [1.29, 1.82) is 0 Å². The third-order valence-corrected chi connectivity index (χ3v) is 5.12. The number of carbonyl (C=O) groups excluding carboxylic acids is 1. The first-order chi connectivity index (χ1) is 13.1. The number of carbonyl (C=O) groups is 1. The van der Waals surface area contributed by atoms with Crippen LogP contribution in [0.25, 0.3) is 11.5 Å². The van der Waals surface area contributed by atoms with E-state index in [0.717, 1.165) is 28.1 Å². The van der Waals surface area contributed by atoms with Crippen LogP contribution >= 0.6 is 11.6 Å². The molecule has 1 fully saturated rings. The van der Waals surface area contributed by atoms with Gasteiger partial charge in [-0.15, -0.1) is 0 Å². The van der Waals surface area contributed by atoms with E-state index in [9.17, 15) is 4.79 Å². The van der Waals surface area contributed by atoms with E-state index in [1.165, 1.54) is 0 Å². The monoisotopic (exact) mass is 381 g/mol. The molecule has 1 aliphatic rings. The molecule has 1 aliphatic heterocycles. The number of hydrogen-bond donors (Lipinski definition) is 0. The van der Waals surface area contributed by atoms with Crippen molar-refractivity contribution in [2.75, 3.05) is 13.1 Å². The highest BCUT2D eigenvalue weighted by Gasteiger charge is 2.33. The lowest BCUT2D eigenvalue weighted by molar-refractivity contribution is -0.127. The maximum atomic E-state index is 12.4. The number of hydrogen-bond acceptors (Lipinski definition) is 4. The molecule has 0 bridgehead atoms. The Morgan fingerprint density at radius 1 is 1.22 bits per heavy atom. The van der Waals surface area contributed by atoms with Crippen LogP contribution in [0.2, 0.25) is 5.02 Å². The topological polar surface area (TPSA) is 59.2 Å². The van der Waals surface area contributed by atoms with Crippen LogP contribution in [0.4, 0.5) is 0 Å². The molecule has 0 radical (unpaired) electrons. The normalized spacial score (nSPS) is 16.9. The fourth-order valence-corrected chi connectivity index (χ4v) is 3.50. The summed E-state index contributed by atoms with van der Waals surface area (Å²) in [5.41, 5.74) is 3.20. The quantitative estimate of drug-likeness (QED) is 0.662. The third-order valence-electron chi connectivity index (χ3n) is 4.87. The van der Waals surface area contributed by atoms with E-state index < -0.39 is 0 Å². The highest BCUT2D eigenvalue weighted by Crippen LogP contribution is 2.28. The van der Waals surface area contributed by atoms with Crippen molar-refractivity contribution >= 4 is 17.5 Å². The first-order valence-corrected chi connectivity index (χ1v) is 9.39. The van der Waals surface area contributed by atoms with Crippen molar-refractivity contribution in [1.82, 2.24) is 15.0 Å². The first kappa shape index (κ1) is 17.7. The summed E-state index contributed by atoms with van der Waals surface area (Å²) in [6.07, 6.45) is 1.23. The van der Waals surface area contributed by atoms with Gasteiger partial charge in [0.25, 0.3) is 5.89 Å². The van der Waals surface area contributed by atoms with Crippen molar-refractivity contribution in [2.24, 2.45) is 0 Å². The predicted octanol–water partition coefficient (Wildman–Crippen LogP) is 4.26. The van der Waals surface area contributed by atoms with Gasteiger partial charge in [0.1, 0.15) is 0 Å². The van der Waals surface area contributed by atoms with Crippen LogP contribution in [-0.4, -0.2) is 34.0 Å². The van der Waals surface area contributed by atoms with Crippen molar-refractivity contribution in [2.45, 2.75) is 25.7 Å². The van der Waals surface area contributed by atoms with Crippen LogP contribution in [0.5, 0.6) is 0 Å². The average molecular weight is 382 g/mol. The van der Waals surface area contributed by atoms with E-state index in [-0.39, 0.29) is 11.8 Å². The first-order valence-electron chi connectivity index (χ1n) is 9.01. The lowest BCUT2D eigenvalue weighted by atomic mass is 10.1. The Morgan fingerprint density at radius 2 is 2.04 bits per heavy atom. The van der Waals surface area contributed by atoms with Gasteiger partial charge in [-0.25, -0.2) is 0 Å². The second-order valence-corrected chi connectivity index (χ2v) is 7.38. The minimum Gasteiger partial charge on any atom is -0.342 e. The van der Waals surface area contributed by atoms with Gasteiger partial charge in [-0.05, 0) is 43.2 Å². The molecule has 0 saturated carbocycles. The summed E-state index contributed by atoms with van der Waals surface area (Å²) in [4.78, 5) is 18.8. The van der Waals surface area contributed by atoms with Crippen LogP contribution < -0.4 is 0 Å².